The van der Waals surface area contributed by atoms with Gasteiger partial charge in [-0.3, -0.25) is 4.90 Å². The van der Waals surface area contributed by atoms with Gasteiger partial charge in [-0.2, -0.15) is 0 Å². The van der Waals surface area contributed by atoms with E-state index in [0.717, 1.165) is 13.1 Å². The number of ether oxygens (including phenoxy) is 1. The monoisotopic (exact) mass is 183 g/mol. The first-order chi connectivity index (χ1) is 6.22. The third-order valence-corrected chi connectivity index (χ3v) is 2.55. The molecule has 0 N–H and O–H groups in total. The highest BCUT2D eigenvalue weighted by Crippen LogP contribution is 2.12. The Bertz CT molecular complexity index is 173. The Kier molecular flexibility index (Phi) is 4.46. The van der Waals surface area contributed by atoms with Crippen molar-refractivity contribution in [3.8, 4) is 0 Å². The lowest BCUT2D eigenvalue weighted by Crippen LogP contribution is -2.39. The van der Waals surface area contributed by atoms with E-state index in [1.54, 1.807) is 0 Å². The minimum Gasteiger partial charge on any atom is -0.380 e. The largest absolute Gasteiger partial charge is 0.380 e. The number of rotatable bonds is 3. The molecule has 2 nitrogen and oxygen atoms in total. The van der Waals surface area contributed by atoms with E-state index in [9.17, 15) is 0 Å². The van der Waals surface area contributed by atoms with E-state index < -0.39 is 0 Å². The molecule has 1 atom stereocenters. The van der Waals surface area contributed by atoms with Crippen LogP contribution in [0.5, 0.6) is 0 Å². The van der Waals surface area contributed by atoms with Crippen LogP contribution in [0.25, 0.3) is 0 Å². The van der Waals surface area contributed by atoms with Crippen LogP contribution in [-0.4, -0.2) is 37.7 Å². The third kappa shape index (κ3) is 3.92. The Morgan fingerprint density at radius 1 is 1.54 bits per heavy atom. The number of hydrogen-bond donors (Lipinski definition) is 0. The molecule has 1 saturated heterocycles. The zero-order valence-corrected chi connectivity index (χ0v) is 9.05. The third-order valence-electron chi connectivity index (χ3n) is 2.55. The Labute approximate surface area is 81.6 Å². The van der Waals surface area contributed by atoms with E-state index in [1.807, 2.05) is 7.11 Å². The molecule has 2 heteroatoms. The van der Waals surface area contributed by atoms with Gasteiger partial charge in [0.25, 0.3) is 0 Å². The van der Waals surface area contributed by atoms with E-state index in [-0.39, 0.29) is 0 Å². The minimum atomic E-state index is 0.458. The summed E-state index contributed by atoms with van der Waals surface area (Å²) in [5.41, 5.74) is 1.40. The predicted octanol–water partition coefficient (Wildman–Crippen LogP) is 2.06. The van der Waals surface area contributed by atoms with Crippen molar-refractivity contribution >= 4 is 0 Å². The van der Waals surface area contributed by atoms with Gasteiger partial charge in [0.1, 0.15) is 0 Å². The zero-order valence-electron chi connectivity index (χ0n) is 9.05. The first-order valence-corrected chi connectivity index (χ1v) is 5.11. The molecule has 1 aliphatic heterocycles. The van der Waals surface area contributed by atoms with Crippen LogP contribution in [-0.2, 0) is 4.74 Å². The normalized spacial score (nSPS) is 24.4. The van der Waals surface area contributed by atoms with Gasteiger partial charge in [-0.1, -0.05) is 11.6 Å². The number of allylic oxidation sites excluding steroid dienone is 1. The first-order valence-electron chi connectivity index (χ1n) is 5.11. The van der Waals surface area contributed by atoms with Crippen molar-refractivity contribution < 1.29 is 4.74 Å². The van der Waals surface area contributed by atoms with Gasteiger partial charge in [-0.05, 0) is 33.2 Å². The molecule has 1 fully saturated rings. The summed E-state index contributed by atoms with van der Waals surface area (Å²) in [4.78, 5) is 2.46. The molecule has 76 valence electrons. The van der Waals surface area contributed by atoms with Crippen molar-refractivity contribution in [1.29, 1.82) is 0 Å². The lowest BCUT2D eigenvalue weighted by Gasteiger charge is -2.31. The quantitative estimate of drug-likeness (QED) is 0.621. The fourth-order valence-electron chi connectivity index (χ4n) is 1.68. The minimum absolute atomic E-state index is 0.458. The fourth-order valence-corrected chi connectivity index (χ4v) is 1.68. The Hall–Kier alpha value is -0.340. The molecule has 13 heavy (non-hydrogen) atoms. The van der Waals surface area contributed by atoms with Gasteiger partial charge in [-0.15, -0.1) is 0 Å². The van der Waals surface area contributed by atoms with Crippen LogP contribution >= 0.6 is 0 Å². The number of methoxy groups -OCH3 is 1. The molecule has 0 radical (unpaired) electrons. The maximum absolute atomic E-state index is 5.37. The van der Waals surface area contributed by atoms with Gasteiger partial charge in [0.15, 0.2) is 0 Å². The molecule has 1 unspecified atom stereocenters. The molecular formula is C11H21NO. The first kappa shape index (κ1) is 10.7. The average Bonchev–Trinajstić information content (AvgIpc) is 2.15. The summed E-state index contributed by atoms with van der Waals surface area (Å²) in [5, 5.41) is 0. The molecule has 0 saturated carbocycles. The van der Waals surface area contributed by atoms with Gasteiger partial charge in [0, 0.05) is 20.2 Å². The van der Waals surface area contributed by atoms with Crippen molar-refractivity contribution in [2.75, 3.05) is 26.7 Å². The molecule has 0 aromatic carbocycles. The number of piperidine rings is 1. The molecule has 0 aromatic rings. The lowest BCUT2D eigenvalue weighted by atomic mass is 10.1. The summed E-state index contributed by atoms with van der Waals surface area (Å²) >= 11 is 0. The van der Waals surface area contributed by atoms with E-state index in [1.165, 1.54) is 25.0 Å². The van der Waals surface area contributed by atoms with Crippen LogP contribution in [0, 0.1) is 0 Å². The molecule has 1 aliphatic rings. The standard InChI is InChI=1S/C11H21NO/c1-10(2)6-8-12-7-4-5-11(9-12)13-3/h6,11H,4-5,7-9H2,1-3H3. The summed E-state index contributed by atoms with van der Waals surface area (Å²) in [7, 11) is 1.81. The van der Waals surface area contributed by atoms with Gasteiger partial charge in [0.05, 0.1) is 6.10 Å². The molecule has 0 bridgehead atoms. The van der Waals surface area contributed by atoms with Crippen molar-refractivity contribution in [3.63, 3.8) is 0 Å². The molecule has 1 heterocycles. The molecule has 0 spiro atoms. The molecule has 0 amide bonds. The highest BCUT2D eigenvalue weighted by Gasteiger charge is 2.17. The number of hydrogen-bond acceptors (Lipinski definition) is 2. The molecular weight excluding hydrogens is 162 g/mol. The average molecular weight is 183 g/mol. The van der Waals surface area contributed by atoms with Gasteiger partial charge >= 0.3 is 0 Å². The number of likely N-dealkylation sites (tertiary alicyclic amines) is 1. The maximum Gasteiger partial charge on any atom is 0.0698 e. The highest BCUT2D eigenvalue weighted by molar-refractivity contribution is 4.95. The fraction of sp³-hybridized carbons (Fsp3) is 0.818. The van der Waals surface area contributed by atoms with Crippen LogP contribution < -0.4 is 0 Å². The molecule has 0 aliphatic carbocycles. The Balaban J connectivity index is 2.30. The summed E-state index contributed by atoms with van der Waals surface area (Å²) in [6.07, 6.45) is 5.24. The van der Waals surface area contributed by atoms with E-state index in [2.05, 4.69) is 24.8 Å². The van der Waals surface area contributed by atoms with Gasteiger partial charge in [-0.25, -0.2) is 0 Å². The SMILES string of the molecule is COC1CCCN(CC=C(C)C)C1. The second-order valence-electron chi connectivity index (χ2n) is 4.04. The maximum atomic E-state index is 5.37. The zero-order chi connectivity index (χ0) is 9.68. The Morgan fingerprint density at radius 2 is 2.31 bits per heavy atom. The van der Waals surface area contributed by atoms with Crippen molar-refractivity contribution in [1.82, 2.24) is 4.90 Å². The van der Waals surface area contributed by atoms with E-state index in [4.69, 9.17) is 4.74 Å². The van der Waals surface area contributed by atoms with Gasteiger partial charge in [0.2, 0.25) is 0 Å². The summed E-state index contributed by atoms with van der Waals surface area (Å²) in [6, 6.07) is 0. The van der Waals surface area contributed by atoms with Crippen LogP contribution in [0.2, 0.25) is 0 Å². The van der Waals surface area contributed by atoms with Crippen molar-refractivity contribution in [3.05, 3.63) is 11.6 Å². The van der Waals surface area contributed by atoms with Crippen LogP contribution in [0.4, 0.5) is 0 Å². The van der Waals surface area contributed by atoms with Crippen LogP contribution in [0.1, 0.15) is 26.7 Å². The smallest absolute Gasteiger partial charge is 0.0698 e. The molecule has 1 rings (SSSR count). The summed E-state index contributed by atoms with van der Waals surface area (Å²) in [5.74, 6) is 0. The second kappa shape index (κ2) is 5.40. The number of nitrogens with zero attached hydrogens (tertiary/aromatic N) is 1. The van der Waals surface area contributed by atoms with E-state index in [0.29, 0.717) is 6.10 Å². The predicted molar refractivity (Wildman–Crippen MR) is 55.9 cm³/mol. The summed E-state index contributed by atoms with van der Waals surface area (Å²) in [6.45, 7) is 7.71. The van der Waals surface area contributed by atoms with Crippen LogP contribution in [0.15, 0.2) is 11.6 Å². The van der Waals surface area contributed by atoms with Crippen LogP contribution in [0.3, 0.4) is 0 Å². The topological polar surface area (TPSA) is 12.5 Å². The highest BCUT2D eigenvalue weighted by atomic mass is 16.5. The molecule has 0 aromatic heterocycles. The second-order valence-corrected chi connectivity index (χ2v) is 4.04. The lowest BCUT2D eigenvalue weighted by molar-refractivity contribution is 0.0356. The van der Waals surface area contributed by atoms with Gasteiger partial charge < -0.3 is 4.74 Å². The van der Waals surface area contributed by atoms with Crippen molar-refractivity contribution in [2.24, 2.45) is 0 Å². The van der Waals surface area contributed by atoms with E-state index >= 15 is 0 Å². The van der Waals surface area contributed by atoms with Crippen molar-refractivity contribution in [2.45, 2.75) is 32.8 Å². The Morgan fingerprint density at radius 3 is 2.92 bits per heavy atom. The summed E-state index contributed by atoms with van der Waals surface area (Å²) < 4.78 is 5.37.